The molecule has 1 amide bonds. The molecule has 1 aromatic heterocycles. The number of hydrogen-bond acceptors (Lipinski definition) is 5. The van der Waals surface area contributed by atoms with Gasteiger partial charge < -0.3 is 14.0 Å². The summed E-state index contributed by atoms with van der Waals surface area (Å²) in [6, 6.07) is 24.9. The molecular formula is C24H20N2O4. The van der Waals surface area contributed by atoms with Crippen molar-refractivity contribution in [3.63, 3.8) is 0 Å². The normalized spacial score (nSPS) is 10.5. The highest BCUT2D eigenvalue weighted by Gasteiger charge is 2.20. The van der Waals surface area contributed by atoms with E-state index in [1.54, 1.807) is 24.3 Å². The number of methoxy groups -OCH3 is 2. The molecule has 0 unspecified atom stereocenters. The highest BCUT2D eigenvalue weighted by atomic mass is 16.5. The first-order chi connectivity index (χ1) is 14.7. The maximum absolute atomic E-state index is 12.8. The number of carbonyl (C=O) groups excluding carboxylic acids is 1. The van der Waals surface area contributed by atoms with Crippen molar-refractivity contribution in [1.29, 1.82) is 0 Å². The van der Waals surface area contributed by atoms with Gasteiger partial charge in [0.2, 0.25) is 5.88 Å². The lowest BCUT2D eigenvalue weighted by molar-refractivity contribution is 0.101. The third-order valence-corrected chi connectivity index (χ3v) is 4.69. The van der Waals surface area contributed by atoms with Crippen LogP contribution in [0, 0.1) is 0 Å². The predicted octanol–water partition coefficient (Wildman–Crippen LogP) is 5.28. The number of aromatic nitrogens is 1. The van der Waals surface area contributed by atoms with Gasteiger partial charge in [0.1, 0.15) is 22.8 Å². The third kappa shape index (κ3) is 3.89. The lowest BCUT2D eigenvalue weighted by Crippen LogP contribution is -2.14. The second-order valence-corrected chi connectivity index (χ2v) is 6.51. The van der Waals surface area contributed by atoms with Gasteiger partial charge in [-0.2, -0.15) is 0 Å². The van der Waals surface area contributed by atoms with Crippen molar-refractivity contribution in [3.05, 3.63) is 84.4 Å². The Hall–Kier alpha value is -4.06. The topological polar surface area (TPSA) is 73.6 Å². The fourth-order valence-corrected chi connectivity index (χ4v) is 3.18. The van der Waals surface area contributed by atoms with Crippen LogP contribution >= 0.6 is 0 Å². The van der Waals surface area contributed by atoms with Gasteiger partial charge in [0.25, 0.3) is 5.91 Å². The van der Waals surface area contributed by atoms with Crippen molar-refractivity contribution in [2.45, 2.75) is 0 Å². The van der Waals surface area contributed by atoms with Gasteiger partial charge in [-0.15, -0.1) is 0 Å². The summed E-state index contributed by atoms with van der Waals surface area (Å²) in [6.07, 6.45) is 0. The monoisotopic (exact) mass is 400 g/mol. The van der Waals surface area contributed by atoms with E-state index in [4.69, 9.17) is 14.0 Å². The van der Waals surface area contributed by atoms with E-state index in [-0.39, 0.29) is 11.4 Å². The minimum absolute atomic E-state index is 0.232. The number of anilines is 1. The van der Waals surface area contributed by atoms with E-state index in [2.05, 4.69) is 22.6 Å². The summed E-state index contributed by atoms with van der Waals surface area (Å²) in [7, 11) is 2.99. The Morgan fingerprint density at radius 2 is 1.40 bits per heavy atom. The molecule has 0 saturated heterocycles. The van der Waals surface area contributed by atoms with Crippen LogP contribution in [0.3, 0.4) is 0 Å². The van der Waals surface area contributed by atoms with Crippen LogP contribution in [0.1, 0.15) is 10.4 Å². The number of nitrogens with zero attached hydrogens (tertiary/aromatic N) is 1. The van der Waals surface area contributed by atoms with Gasteiger partial charge in [-0.3, -0.25) is 10.1 Å². The predicted molar refractivity (Wildman–Crippen MR) is 115 cm³/mol. The van der Waals surface area contributed by atoms with Gasteiger partial charge in [0.05, 0.1) is 14.2 Å². The third-order valence-electron chi connectivity index (χ3n) is 4.69. The number of carbonyl (C=O) groups is 1. The second kappa shape index (κ2) is 8.53. The van der Waals surface area contributed by atoms with E-state index < -0.39 is 5.91 Å². The molecule has 0 fully saturated rings. The zero-order valence-electron chi connectivity index (χ0n) is 16.6. The minimum Gasteiger partial charge on any atom is -0.496 e. The van der Waals surface area contributed by atoms with E-state index >= 15 is 0 Å². The van der Waals surface area contributed by atoms with Crippen LogP contribution in [0.2, 0.25) is 0 Å². The molecule has 0 radical (unpaired) electrons. The molecular weight excluding hydrogens is 380 g/mol. The first-order valence-corrected chi connectivity index (χ1v) is 9.34. The highest BCUT2D eigenvalue weighted by molar-refractivity contribution is 6.07. The molecule has 6 nitrogen and oxygen atoms in total. The summed E-state index contributed by atoms with van der Waals surface area (Å²) in [5, 5.41) is 6.78. The molecule has 0 bridgehead atoms. The Kier molecular flexibility index (Phi) is 5.48. The Bertz CT molecular complexity index is 1130. The standard InChI is InChI=1S/C24H20N2O4/c1-28-20-9-6-10-21(29-2)23(20)24(27)25-22-15-19(26-30-22)18-13-11-17(12-14-18)16-7-4-3-5-8-16/h3-15H,1-2H3,(H,25,27). The van der Waals surface area contributed by atoms with Crippen molar-refractivity contribution in [2.24, 2.45) is 0 Å². The minimum atomic E-state index is -0.411. The average molecular weight is 400 g/mol. The molecule has 1 heterocycles. The van der Waals surface area contributed by atoms with Crippen LogP contribution in [0.25, 0.3) is 22.4 Å². The molecule has 0 saturated carbocycles. The van der Waals surface area contributed by atoms with Crippen LogP contribution in [0.5, 0.6) is 11.5 Å². The molecule has 3 aromatic carbocycles. The van der Waals surface area contributed by atoms with Crippen molar-refractivity contribution >= 4 is 11.8 Å². The number of ether oxygens (including phenoxy) is 2. The van der Waals surface area contributed by atoms with Crippen LogP contribution in [-0.4, -0.2) is 25.3 Å². The molecule has 30 heavy (non-hydrogen) atoms. The summed E-state index contributed by atoms with van der Waals surface area (Å²) >= 11 is 0. The Morgan fingerprint density at radius 3 is 2.03 bits per heavy atom. The molecule has 1 N–H and O–H groups in total. The quantitative estimate of drug-likeness (QED) is 0.477. The zero-order valence-corrected chi connectivity index (χ0v) is 16.6. The van der Waals surface area contributed by atoms with Crippen LogP contribution in [0.4, 0.5) is 5.88 Å². The first-order valence-electron chi connectivity index (χ1n) is 9.34. The molecule has 0 aliphatic heterocycles. The van der Waals surface area contributed by atoms with E-state index in [0.29, 0.717) is 17.2 Å². The lowest BCUT2D eigenvalue weighted by atomic mass is 10.0. The van der Waals surface area contributed by atoms with Crippen LogP contribution in [0.15, 0.2) is 83.4 Å². The molecule has 4 rings (SSSR count). The highest BCUT2D eigenvalue weighted by Crippen LogP contribution is 2.30. The van der Waals surface area contributed by atoms with Crippen molar-refractivity contribution < 1.29 is 18.8 Å². The molecule has 6 heteroatoms. The fraction of sp³-hybridized carbons (Fsp3) is 0.0833. The van der Waals surface area contributed by atoms with Crippen molar-refractivity contribution in [1.82, 2.24) is 5.16 Å². The van der Waals surface area contributed by atoms with Crippen molar-refractivity contribution in [3.8, 4) is 33.9 Å². The van der Waals surface area contributed by atoms with Crippen molar-refractivity contribution in [2.75, 3.05) is 19.5 Å². The molecule has 0 aliphatic carbocycles. The molecule has 0 aliphatic rings. The van der Waals surface area contributed by atoms with E-state index in [1.807, 2.05) is 42.5 Å². The Labute approximate surface area is 174 Å². The van der Waals surface area contributed by atoms with Crippen LogP contribution < -0.4 is 14.8 Å². The van der Waals surface area contributed by atoms with Gasteiger partial charge in [-0.1, -0.05) is 65.8 Å². The van der Waals surface area contributed by atoms with E-state index in [9.17, 15) is 4.79 Å². The summed E-state index contributed by atoms with van der Waals surface area (Å²) in [5.41, 5.74) is 4.04. The summed E-state index contributed by atoms with van der Waals surface area (Å²) in [6.45, 7) is 0. The van der Waals surface area contributed by atoms with E-state index in [0.717, 1.165) is 16.7 Å². The number of benzene rings is 3. The van der Waals surface area contributed by atoms with Gasteiger partial charge in [0, 0.05) is 11.6 Å². The largest absolute Gasteiger partial charge is 0.496 e. The fourth-order valence-electron chi connectivity index (χ4n) is 3.18. The summed E-state index contributed by atoms with van der Waals surface area (Å²) < 4.78 is 15.9. The molecule has 150 valence electrons. The molecule has 0 spiro atoms. The van der Waals surface area contributed by atoms with Gasteiger partial charge in [-0.25, -0.2) is 0 Å². The zero-order chi connectivity index (χ0) is 20.9. The number of rotatable bonds is 6. The second-order valence-electron chi connectivity index (χ2n) is 6.51. The van der Waals surface area contributed by atoms with Gasteiger partial charge >= 0.3 is 0 Å². The first kappa shape index (κ1) is 19.3. The average Bonchev–Trinajstić information content (AvgIpc) is 3.27. The molecule has 4 aromatic rings. The summed E-state index contributed by atoms with van der Waals surface area (Å²) in [4.78, 5) is 12.8. The van der Waals surface area contributed by atoms with Gasteiger partial charge in [-0.05, 0) is 23.3 Å². The van der Waals surface area contributed by atoms with Gasteiger partial charge in [0.15, 0.2) is 0 Å². The smallest absolute Gasteiger partial charge is 0.265 e. The van der Waals surface area contributed by atoms with E-state index in [1.165, 1.54) is 14.2 Å². The maximum atomic E-state index is 12.8. The number of nitrogens with one attached hydrogen (secondary N) is 1. The number of amides is 1. The van der Waals surface area contributed by atoms with Crippen LogP contribution in [-0.2, 0) is 0 Å². The molecule has 0 atom stereocenters. The summed E-state index contributed by atoms with van der Waals surface area (Å²) in [5.74, 6) is 0.632. The Balaban J connectivity index is 1.53. The maximum Gasteiger partial charge on any atom is 0.265 e. The number of hydrogen-bond donors (Lipinski definition) is 1. The SMILES string of the molecule is COc1cccc(OC)c1C(=O)Nc1cc(-c2ccc(-c3ccccc3)cc2)no1. The Morgan fingerprint density at radius 1 is 0.800 bits per heavy atom. The lowest BCUT2D eigenvalue weighted by Gasteiger charge is -2.11.